The van der Waals surface area contributed by atoms with E-state index in [4.69, 9.17) is 0 Å². The monoisotopic (exact) mass is 269 g/mol. The van der Waals surface area contributed by atoms with Gasteiger partial charge in [0.15, 0.2) is 0 Å². The number of halogens is 1. The number of nitrogens with one attached hydrogen (secondary N) is 2. The summed E-state index contributed by atoms with van der Waals surface area (Å²) >= 11 is 3.32. The minimum absolute atomic E-state index is 0.171. The second-order valence-electron chi connectivity index (χ2n) is 3.69. The van der Waals surface area contributed by atoms with Gasteiger partial charge in [0.05, 0.1) is 0 Å². The first-order valence-corrected chi connectivity index (χ1v) is 5.64. The zero-order chi connectivity index (χ0) is 10.8. The summed E-state index contributed by atoms with van der Waals surface area (Å²) in [5.74, 6) is 0.608. The Morgan fingerprint density at radius 3 is 2.93 bits per heavy atom. The number of rotatable bonds is 2. The average molecular weight is 270 g/mol. The quantitative estimate of drug-likeness (QED) is 0.867. The summed E-state index contributed by atoms with van der Waals surface area (Å²) in [5.41, 5.74) is 0.940. The number of amides is 2. The molecule has 0 aromatic carbocycles. The molecule has 0 radical (unpaired) electrons. The molecule has 1 aromatic rings. The van der Waals surface area contributed by atoms with Gasteiger partial charge in [-0.1, -0.05) is 0 Å². The number of aryl methyl sites for hydroxylation is 1. The van der Waals surface area contributed by atoms with Crippen LogP contribution in [0.3, 0.4) is 0 Å². The van der Waals surface area contributed by atoms with E-state index in [0.29, 0.717) is 11.9 Å². The van der Waals surface area contributed by atoms with Crippen molar-refractivity contribution in [1.82, 2.24) is 10.3 Å². The molecule has 15 heavy (non-hydrogen) atoms. The molecule has 1 heterocycles. The summed E-state index contributed by atoms with van der Waals surface area (Å²) in [7, 11) is 0. The molecule has 0 saturated heterocycles. The first kappa shape index (κ1) is 10.4. The van der Waals surface area contributed by atoms with E-state index in [0.717, 1.165) is 22.9 Å². The number of aromatic nitrogens is 1. The van der Waals surface area contributed by atoms with E-state index in [2.05, 4.69) is 31.5 Å². The maximum atomic E-state index is 11.4. The summed E-state index contributed by atoms with van der Waals surface area (Å²) in [5, 5.41) is 5.57. The van der Waals surface area contributed by atoms with Crippen molar-refractivity contribution < 1.29 is 4.79 Å². The Morgan fingerprint density at radius 1 is 1.60 bits per heavy atom. The minimum atomic E-state index is -0.171. The van der Waals surface area contributed by atoms with Crippen LogP contribution < -0.4 is 10.6 Å². The maximum absolute atomic E-state index is 11.4. The Morgan fingerprint density at radius 2 is 2.33 bits per heavy atom. The van der Waals surface area contributed by atoms with Crippen molar-refractivity contribution in [3.8, 4) is 0 Å². The lowest BCUT2D eigenvalue weighted by Gasteiger charge is -2.08. The van der Waals surface area contributed by atoms with Crippen molar-refractivity contribution in [3.05, 3.63) is 22.3 Å². The zero-order valence-electron chi connectivity index (χ0n) is 8.38. The molecule has 2 amide bonds. The van der Waals surface area contributed by atoms with Crippen molar-refractivity contribution in [3.63, 3.8) is 0 Å². The Balaban J connectivity index is 1.99. The predicted molar refractivity (Wildman–Crippen MR) is 61.9 cm³/mol. The molecule has 4 nitrogen and oxygen atoms in total. The van der Waals surface area contributed by atoms with E-state index in [9.17, 15) is 4.79 Å². The number of hydrogen-bond donors (Lipinski definition) is 2. The fourth-order valence-electron chi connectivity index (χ4n) is 1.23. The lowest BCUT2D eigenvalue weighted by Crippen LogP contribution is -2.30. The van der Waals surface area contributed by atoms with Gasteiger partial charge in [-0.25, -0.2) is 9.78 Å². The molecule has 2 N–H and O–H groups in total. The highest BCUT2D eigenvalue weighted by Crippen LogP contribution is 2.20. The van der Waals surface area contributed by atoms with E-state index in [1.165, 1.54) is 0 Å². The SMILES string of the molecule is Cc1cc(Br)cnc1NC(=O)NC1CC1. The summed E-state index contributed by atoms with van der Waals surface area (Å²) in [6.07, 6.45) is 3.83. The third-order valence-corrected chi connectivity index (χ3v) is 2.62. The van der Waals surface area contributed by atoms with Gasteiger partial charge in [-0.2, -0.15) is 0 Å². The molecule has 0 spiro atoms. The highest BCUT2D eigenvalue weighted by molar-refractivity contribution is 9.10. The Labute approximate surface area is 96.6 Å². The van der Waals surface area contributed by atoms with Crippen molar-refractivity contribution >= 4 is 27.8 Å². The number of hydrogen-bond acceptors (Lipinski definition) is 2. The molecule has 0 atom stereocenters. The molecular weight excluding hydrogens is 258 g/mol. The van der Waals surface area contributed by atoms with Crippen LogP contribution >= 0.6 is 15.9 Å². The molecule has 0 unspecified atom stereocenters. The smallest absolute Gasteiger partial charge is 0.320 e. The van der Waals surface area contributed by atoms with Crippen LogP contribution in [-0.4, -0.2) is 17.1 Å². The number of nitrogens with zero attached hydrogens (tertiary/aromatic N) is 1. The standard InChI is InChI=1S/C10H12BrN3O/c1-6-4-7(11)5-12-9(6)14-10(15)13-8-2-3-8/h4-5,8H,2-3H2,1H3,(H2,12,13,14,15). The van der Waals surface area contributed by atoms with Gasteiger partial charge in [0, 0.05) is 16.7 Å². The summed E-state index contributed by atoms with van der Waals surface area (Å²) in [4.78, 5) is 15.6. The Hall–Kier alpha value is -1.10. The van der Waals surface area contributed by atoms with Crippen LogP contribution in [0.2, 0.25) is 0 Å². The summed E-state index contributed by atoms with van der Waals surface area (Å²) in [6.45, 7) is 1.91. The van der Waals surface area contributed by atoms with Gasteiger partial charge in [0.25, 0.3) is 0 Å². The van der Waals surface area contributed by atoms with Crippen LogP contribution in [0.15, 0.2) is 16.7 Å². The molecule has 1 aliphatic carbocycles. The molecule has 80 valence electrons. The molecule has 1 saturated carbocycles. The molecule has 5 heteroatoms. The summed E-state index contributed by atoms with van der Waals surface area (Å²) < 4.78 is 0.910. The average Bonchev–Trinajstić information content (AvgIpc) is 2.94. The van der Waals surface area contributed by atoms with Crippen molar-refractivity contribution in [2.75, 3.05) is 5.32 Å². The molecule has 1 aliphatic rings. The molecule has 2 rings (SSSR count). The maximum Gasteiger partial charge on any atom is 0.320 e. The molecule has 1 fully saturated rings. The van der Waals surface area contributed by atoms with E-state index in [1.54, 1.807) is 6.20 Å². The zero-order valence-corrected chi connectivity index (χ0v) is 9.97. The van der Waals surface area contributed by atoms with Crippen LogP contribution in [0.1, 0.15) is 18.4 Å². The van der Waals surface area contributed by atoms with Crippen molar-refractivity contribution in [1.29, 1.82) is 0 Å². The topological polar surface area (TPSA) is 54.0 Å². The van der Waals surface area contributed by atoms with Crippen molar-refractivity contribution in [2.24, 2.45) is 0 Å². The first-order valence-electron chi connectivity index (χ1n) is 4.85. The van der Waals surface area contributed by atoms with Gasteiger partial charge < -0.3 is 5.32 Å². The fraction of sp³-hybridized carbons (Fsp3) is 0.400. The van der Waals surface area contributed by atoms with Crippen LogP contribution in [0, 0.1) is 6.92 Å². The van der Waals surface area contributed by atoms with Gasteiger partial charge in [0.2, 0.25) is 0 Å². The second-order valence-corrected chi connectivity index (χ2v) is 4.61. The van der Waals surface area contributed by atoms with E-state index in [1.807, 2.05) is 13.0 Å². The minimum Gasteiger partial charge on any atom is -0.335 e. The van der Waals surface area contributed by atoms with Gasteiger partial charge in [-0.15, -0.1) is 0 Å². The number of urea groups is 1. The highest BCUT2D eigenvalue weighted by atomic mass is 79.9. The Bertz CT molecular complexity index is 390. The summed E-state index contributed by atoms with van der Waals surface area (Å²) in [6, 6.07) is 2.11. The van der Waals surface area contributed by atoms with E-state index < -0.39 is 0 Å². The van der Waals surface area contributed by atoms with Crippen LogP contribution in [0.25, 0.3) is 0 Å². The van der Waals surface area contributed by atoms with Gasteiger partial charge in [-0.05, 0) is 47.3 Å². The first-order chi connectivity index (χ1) is 7.15. The van der Waals surface area contributed by atoms with E-state index in [-0.39, 0.29) is 6.03 Å². The lowest BCUT2D eigenvalue weighted by atomic mass is 10.3. The number of carbonyl (C=O) groups is 1. The number of anilines is 1. The second kappa shape index (κ2) is 4.18. The molecular formula is C10H12BrN3O. The third-order valence-electron chi connectivity index (χ3n) is 2.19. The van der Waals surface area contributed by atoms with Crippen LogP contribution in [0.5, 0.6) is 0 Å². The van der Waals surface area contributed by atoms with Crippen molar-refractivity contribution in [2.45, 2.75) is 25.8 Å². The van der Waals surface area contributed by atoms with Gasteiger partial charge in [-0.3, -0.25) is 5.32 Å². The highest BCUT2D eigenvalue weighted by Gasteiger charge is 2.23. The largest absolute Gasteiger partial charge is 0.335 e. The molecule has 0 bridgehead atoms. The third kappa shape index (κ3) is 2.92. The van der Waals surface area contributed by atoms with Gasteiger partial charge >= 0.3 is 6.03 Å². The van der Waals surface area contributed by atoms with Crippen LogP contribution in [0.4, 0.5) is 10.6 Å². The van der Waals surface area contributed by atoms with E-state index >= 15 is 0 Å². The van der Waals surface area contributed by atoms with Gasteiger partial charge in [0.1, 0.15) is 5.82 Å². The normalized spacial score (nSPS) is 14.8. The van der Waals surface area contributed by atoms with Crippen LogP contribution in [-0.2, 0) is 0 Å². The molecule has 1 aromatic heterocycles. The fourth-order valence-corrected chi connectivity index (χ4v) is 1.67. The molecule has 0 aliphatic heterocycles. The number of carbonyl (C=O) groups excluding carboxylic acids is 1. The number of pyridine rings is 1. The Kier molecular flexibility index (Phi) is 2.90. The lowest BCUT2D eigenvalue weighted by molar-refractivity contribution is 0.251. The predicted octanol–water partition coefficient (Wildman–Crippen LogP) is 2.44.